The molecule has 138 valence electrons. The molecule has 4 rings (SSSR count). The van der Waals surface area contributed by atoms with Crippen molar-refractivity contribution in [2.24, 2.45) is 0 Å². The number of hydrogen-bond acceptors (Lipinski definition) is 5. The Balaban J connectivity index is 2.19. The number of benzene rings is 1. The zero-order valence-corrected chi connectivity index (χ0v) is 17.3. The van der Waals surface area contributed by atoms with Crippen molar-refractivity contribution in [1.82, 2.24) is 12.7 Å². The lowest BCUT2D eigenvalue weighted by Gasteiger charge is -2.39. The van der Waals surface area contributed by atoms with E-state index in [4.69, 9.17) is 11.6 Å². The maximum atomic E-state index is 15.1. The molecule has 0 spiro atoms. The van der Waals surface area contributed by atoms with Crippen LogP contribution in [0.15, 0.2) is 4.79 Å². The first kappa shape index (κ1) is 17.9. The van der Waals surface area contributed by atoms with Gasteiger partial charge in [0.25, 0.3) is 5.91 Å². The molecule has 1 unspecified atom stereocenters. The summed E-state index contributed by atoms with van der Waals surface area (Å²) in [6.45, 7) is 3.26. The third-order valence-corrected chi connectivity index (χ3v) is 6.50. The normalized spacial score (nSPS) is 20.5. The van der Waals surface area contributed by atoms with Crippen LogP contribution in [0.3, 0.4) is 0 Å². The van der Waals surface area contributed by atoms with Gasteiger partial charge in [-0.25, -0.2) is 12.0 Å². The maximum Gasteiger partial charge on any atom is 0.359 e. The Kier molecular flexibility index (Phi) is 4.16. The number of anilines is 2. The second-order valence-electron chi connectivity index (χ2n) is 6.69. The van der Waals surface area contributed by atoms with E-state index in [1.807, 2.05) is 11.9 Å². The van der Waals surface area contributed by atoms with E-state index in [-0.39, 0.29) is 22.0 Å². The Morgan fingerprint density at radius 3 is 2.65 bits per heavy atom. The van der Waals surface area contributed by atoms with Gasteiger partial charge in [0, 0.05) is 32.2 Å². The highest BCUT2D eigenvalue weighted by atomic mass is 127. The highest BCUT2D eigenvalue weighted by Crippen LogP contribution is 2.45. The SMILES string of the molecule is Cc1c(Cl)c2c3c(nc(=O)n(I)c3c1F)N1CCN(C)CC1C(=O)N2C. The zero-order valence-electron chi connectivity index (χ0n) is 14.4. The number of piperazine rings is 1. The first-order valence-corrected chi connectivity index (χ1v) is 9.41. The molecule has 10 heteroatoms. The summed E-state index contributed by atoms with van der Waals surface area (Å²) in [5, 5.41) is 0.562. The maximum absolute atomic E-state index is 15.1. The lowest BCUT2D eigenvalue weighted by molar-refractivity contribution is -0.120. The fourth-order valence-corrected chi connectivity index (χ4v) is 4.57. The van der Waals surface area contributed by atoms with E-state index in [0.29, 0.717) is 36.5 Å². The highest BCUT2D eigenvalue weighted by molar-refractivity contribution is 14.1. The molecule has 7 nitrogen and oxygen atoms in total. The van der Waals surface area contributed by atoms with E-state index >= 15 is 4.39 Å². The number of aromatic nitrogens is 2. The van der Waals surface area contributed by atoms with Gasteiger partial charge in [-0.05, 0) is 14.0 Å². The molecule has 3 heterocycles. The van der Waals surface area contributed by atoms with Gasteiger partial charge >= 0.3 is 5.69 Å². The van der Waals surface area contributed by atoms with Gasteiger partial charge in [-0.1, -0.05) is 11.6 Å². The number of hydrogen-bond donors (Lipinski definition) is 0. The van der Waals surface area contributed by atoms with Crippen LogP contribution in [0.1, 0.15) is 5.56 Å². The Bertz CT molecular complexity index is 1030. The molecule has 2 aromatic rings. The smallest absolute Gasteiger partial charge is 0.341 e. The highest BCUT2D eigenvalue weighted by Gasteiger charge is 2.41. The second kappa shape index (κ2) is 6.03. The van der Waals surface area contributed by atoms with Gasteiger partial charge in [0.15, 0.2) is 5.82 Å². The zero-order chi connectivity index (χ0) is 18.9. The fourth-order valence-electron chi connectivity index (χ4n) is 3.71. The monoisotopic (exact) mass is 491 g/mol. The van der Waals surface area contributed by atoms with Crippen LogP contribution in [-0.2, 0) is 4.79 Å². The summed E-state index contributed by atoms with van der Waals surface area (Å²) >= 11 is 8.19. The summed E-state index contributed by atoms with van der Waals surface area (Å²) in [6, 6.07) is -0.509. The molecular formula is C16H16ClFIN5O2. The van der Waals surface area contributed by atoms with Gasteiger partial charge in [-0.15, -0.1) is 0 Å². The number of fused-ring (bicyclic) bond motifs is 2. The Morgan fingerprint density at radius 2 is 1.96 bits per heavy atom. The minimum absolute atomic E-state index is 0.108. The standard InChI is InChI=1S/C16H16ClFIN5O2/c1-7-10(17)12-9-13(11(7)18)24(19)16(26)20-14(9)23-5-4-21(2)6-8(23)15(25)22(12)3/h8H,4-6H2,1-3H3. The third kappa shape index (κ3) is 2.29. The van der Waals surface area contributed by atoms with E-state index in [9.17, 15) is 9.59 Å². The van der Waals surface area contributed by atoms with Crippen molar-refractivity contribution < 1.29 is 9.18 Å². The van der Waals surface area contributed by atoms with Crippen LogP contribution in [0.4, 0.5) is 15.9 Å². The van der Waals surface area contributed by atoms with E-state index in [1.165, 1.54) is 4.90 Å². The van der Waals surface area contributed by atoms with E-state index in [1.54, 1.807) is 41.7 Å². The predicted molar refractivity (Wildman–Crippen MR) is 107 cm³/mol. The number of nitrogens with zero attached hydrogens (tertiary/aromatic N) is 5. The first-order chi connectivity index (χ1) is 12.2. The van der Waals surface area contributed by atoms with Crippen LogP contribution < -0.4 is 15.5 Å². The molecule has 0 radical (unpaired) electrons. The van der Waals surface area contributed by atoms with Crippen LogP contribution >= 0.6 is 34.5 Å². The van der Waals surface area contributed by atoms with Crippen molar-refractivity contribution in [3.63, 3.8) is 0 Å². The number of amides is 1. The molecule has 1 aromatic carbocycles. The van der Waals surface area contributed by atoms with E-state index < -0.39 is 17.5 Å². The number of carbonyl (C=O) groups is 1. The van der Waals surface area contributed by atoms with E-state index in [0.717, 1.165) is 2.78 Å². The second-order valence-corrected chi connectivity index (χ2v) is 8.04. The minimum atomic E-state index is -0.575. The number of carbonyl (C=O) groups excluding carboxylic acids is 1. The Labute approximate surface area is 167 Å². The summed E-state index contributed by atoms with van der Waals surface area (Å²) in [6.07, 6.45) is 0. The molecule has 1 amide bonds. The number of rotatable bonds is 0. The molecule has 1 atom stereocenters. The van der Waals surface area contributed by atoms with Gasteiger partial charge in [-0.2, -0.15) is 4.98 Å². The van der Waals surface area contributed by atoms with Gasteiger partial charge in [0.2, 0.25) is 0 Å². The summed E-state index contributed by atoms with van der Waals surface area (Å²) in [4.78, 5) is 35.1. The summed E-state index contributed by atoms with van der Waals surface area (Å²) in [5.74, 6) is -0.405. The molecule has 0 bridgehead atoms. The van der Waals surface area contributed by atoms with Crippen LogP contribution in [0, 0.1) is 12.7 Å². The summed E-state index contributed by atoms with van der Waals surface area (Å²) in [7, 11) is 3.57. The van der Waals surface area contributed by atoms with Gasteiger partial charge < -0.3 is 14.7 Å². The van der Waals surface area contributed by atoms with Crippen molar-refractivity contribution in [2.45, 2.75) is 13.0 Å². The van der Waals surface area contributed by atoms with Crippen molar-refractivity contribution in [2.75, 3.05) is 43.5 Å². The predicted octanol–water partition coefficient (Wildman–Crippen LogP) is 1.79. The summed E-state index contributed by atoms with van der Waals surface area (Å²) < 4.78 is 16.2. The topological polar surface area (TPSA) is 61.7 Å². The van der Waals surface area contributed by atoms with Crippen LogP contribution in [0.2, 0.25) is 5.02 Å². The quantitative estimate of drug-likeness (QED) is 0.526. The molecule has 2 aliphatic heterocycles. The van der Waals surface area contributed by atoms with Crippen molar-refractivity contribution in [3.05, 3.63) is 26.9 Å². The van der Waals surface area contributed by atoms with Gasteiger partial charge in [0.1, 0.15) is 17.4 Å². The van der Waals surface area contributed by atoms with E-state index in [2.05, 4.69) is 4.98 Å². The van der Waals surface area contributed by atoms with Crippen LogP contribution in [-0.4, -0.2) is 58.3 Å². The average molecular weight is 492 g/mol. The molecular weight excluding hydrogens is 476 g/mol. The minimum Gasteiger partial charge on any atom is -0.341 e. The Morgan fingerprint density at radius 1 is 1.27 bits per heavy atom. The van der Waals surface area contributed by atoms with Crippen molar-refractivity contribution >= 4 is 62.8 Å². The molecule has 26 heavy (non-hydrogen) atoms. The molecule has 1 fully saturated rings. The lowest BCUT2D eigenvalue weighted by Crippen LogP contribution is -2.58. The molecule has 2 aliphatic rings. The summed E-state index contributed by atoms with van der Waals surface area (Å²) in [5.41, 5.74) is 0.134. The molecule has 0 aliphatic carbocycles. The van der Waals surface area contributed by atoms with Crippen molar-refractivity contribution in [1.29, 1.82) is 0 Å². The third-order valence-electron chi connectivity index (χ3n) is 5.14. The van der Waals surface area contributed by atoms with Crippen LogP contribution in [0.25, 0.3) is 10.9 Å². The van der Waals surface area contributed by atoms with Crippen molar-refractivity contribution in [3.8, 4) is 0 Å². The molecule has 1 aromatic heterocycles. The lowest BCUT2D eigenvalue weighted by atomic mass is 10.1. The average Bonchev–Trinajstić information content (AvgIpc) is 2.69. The number of halogens is 3. The molecule has 1 saturated heterocycles. The van der Waals surface area contributed by atoms with Gasteiger partial charge in [0.05, 0.1) is 39.0 Å². The molecule has 0 N–H and O–H groups in total. The number of likely N-dealkylation sites (N-methyl/N-ethyl adjacent to an activating group) is 2. The first-order valence-electron chi connectivity index (χ1n) is 8.07. The fraction of sp³-hybridized carbons (Fsp3) is 0.438. The van der Waals surface area contributed by atoms with Gasteiger partial charge in [-0.3, -0.25) is 4.79 Å². The largest absolute Gasteiger partial charge is 0.359 e. The molecule has 0 saturated carbocycles. The Hall–Kier alpha value is -1.46. The van der Waals surface area contributed by atoms with Crippen LogP contribution in [0.5, 0.6) is 0 Å².